The Morgan fingerprint density at radius 1 is 0.920 bits per heavy atom. The molecular formula is C39H47N5O6. The van der Waals surface area contributed by atoms with Gasteiger partial charge in [-0.2, -0.15) is 5.26 Å². The van der Waals surface area contributed by atoms with E-state index >= 15 is 0 Å². The van der Waals surface area contributed by atoms with Crippen molar-refractivity contribution in [2.24, 2.45) is 0 Å². The largest absolute Gasteiger partial charge is 0.486 e. The number of imidazole rings is 1. The number of ether oxygens (including phenoxy) is 4. The van der Waals surface area contributed by atoms with E-state index in [0.29, 0.717) is 56.1 Å². The third kappa shape index (κ3) is 8.13. The molecule has 2 aliphatic rings. The molecule has 11 heteroatoms. The minimum Gasteiger partial charge on any atom is -0.486 e. The van der Waals surface area contributed by atoms with Crippen molar-refractivity contribution in [2.45, 2.75) is 84.7 Å². The van der Waals surface area contributed by atoms with Crippen molar-refractivity contribution in [3.05, 3.63) is 65.5 Å². The molecule has 0 aliphatic carbocycles. The molecule has 0 unspecified atom stereocenters. The first-order valence-electron chi connectivity index (χ1n) is 17.6. The molecule has 0 radical (unpaired) electrons. The summed E-state index contributed by atoms with van der Waals surface area (Å²) in [6.07, 6.45) is 2.41. The number of hydrogen-bond donors (Lipinski definition) is 0. The maximum atomic E-state index is 12.7. The van der Waals surface area contributed by atoms with E-state index in [1.807, 2.05) is 77.1 Å². The monoisotopic (exact) mass is 681 g/mol. The van der Waals surface area contributed by atoms with Crippen molar-refractivity contribution < 1.29 is 28.5 Å². The Morgan fingerprint density at radius 2 is 1.56 bits per heavy atom. The highest BCUT2D eigenvalue weighted by Crippen LogP contribution is 2.37. The van der Waals surface area contributed by atoms with Crippen molar-refractivity contribution in [3.8, 4) is 17.6 Å². The van der Waals surface area contributed by atoms with Gasteiger partial charge in [-0.25, -0.2) is 9.78 Å². The van der Waals surface area contributed by atoms with E-state index in [4.69, 9.17) is 23.9 Å². The zero-order valence-corrected chi connectivity index (χ0v) is 29.7. The molecule has 0 spiro atoms. The van der Waals surface area contributed by atoms with Crippen molar-refractivity contribution in [1.82, 2.24) is 19.4 Å². The van der Waals surface area contributed by atoms with Crippen LogP contribution in [0.3, 0.4) is 0 Å². The van der Waals surface area contributed by atoms with Crippen molar-refractivity contribution >= 4 is 33.9 Å². The van der Waals surface area contributed by atoms with E-state index in [2.05, 4.69) is 21.6 Å². The average molecular weight is 682 g/mol. The summed E-state index contributed by atoms with van der Waals surface area (Å²) in [5, 5.41) is 11.7. The predicted octanol–water partition coefficient (Wildman–Crippen LogP) is 6.60. The molecule has 6 rings (SSSR count). The summed E-state index contributed by atoms with van der Waals surface area (Å²) >= 11 is 0. The molecule has 0 saturated carbocycles. The van der Waals surface area contributed by atoms with Crippen LogP contribution in [0.4, 0.5) is 4.79 Å². The fraction of sp³-hybridized carbons (Fsp3) is 0.487. The third-order valence-electron chi connectivity index (χ3n) is 9.34. The Kier molecular flexibility index (Phi) is 10.5. The van der Waals surface area contributed by atoms with Gasteiger partial charge in [0.1, 0.15) is 23.6 Å². The number of likely N-dealkylation sites (tertiary alicyclic amines) is 2. The Hall–Kier alpha value is -4.82. The molecule has 4 aromatic rings. The second-order valence-corrected chi connectivity index (χ2v) is 14.1. The van der Waals surface area contributed by atoms with E-state index < -0.39 is 5.60 Å². The molecule has 11 nitrogen and oxygen atoms in total. The minimum atomic E-state index is -0.546. The maximum Gasteiger partial charge on any atom is 0.410 e. The second-order valence-electron chi connectivity index (χ2n) is 14.1. The molecule has 2 saturated heterocycles. The number of piperidine rings is 2. The van der Waals surface area contributed by atoms with Crippen molar-refractivity contribution in [3.63, 3.8) is 0 Å². The summed E-state index contributed by atoms with van der Waals surface area (Å²) in [5.74, 6) is 1.94. The van der Waals surface area contributed by atoms with Crippen LogP contribution in [0, 0.1) is 18.3 Å². The summed E-state index contributed by atoms with van der Waals surface area (Å²) in [7, 11) is 0. The van der Waals surface area contributed by atoms with E-state index in [1.165, 1.54) is 0 Å². The Morgan fingerprint density at radius 3 is 2.20 bits per heavy atom. The molecular weight excluding hydrogens is 634 g/mol. The quantitative estimate of drug-likeness (QED) is 0.180. The van der Waals surface area contributed by atoms with E-state index in [1.54, 1.807) is 4.90 Å². The number of rotatable bonds is 9. The van der Waals surface area contributed by atoms with Crippen molar-refractivity contribution in [1.29, 1.82) is 5.26 Å². The number of nitrogens with zero attached hydrogens (tertiary/aromatic N) is 5. The zero-order chi connectivity index (χ0) is 35.4. The summed E-state index contributed by atoms with van der Waals surface area (Å²) in [5.41, 5.74) is 2.93. The number of carbonyl (C=O) groups is 2. The number of amides is 1. The molecule has 264 valence electrons. The van der Waals surface area contributed by atoms with Crippen LogP contribution in [0.15, 0.2) is 48.5 Å². The lowest BCUT2D eigenvalue weighted by Gasteiger charge is -2.34. The highest BCUT2D eigenvalue weighted by atomic mass is 16.6. The van der Waals surface area contributed by atoms with Gasteiger partial charge >= 0.3 is 12.1 Å². The van der Waals surface area contributed by atoms with Gasteiger partial charge in [0.25, 0.3) is 0 Å². The molecule has 50 heavy (non-hydrogen) atoms. The number of aryl methyl sites for hydroxylation is 1. The smallest absolute Gasteiger partial charge is 0.410 e. The number of esters is 1. The fourth-order valence-electron chi connectivity index (χ4n) is 6.82. The minimum absolute atomic E-state index is 0.0535. The molecule has 2 fully saturated rings. The Bertz CT molecular complexity index is 1890. The predicted molar refractivity (Wildman–Crippen MR) is 190 cm³/mol. The normalized spacial score (nSPS) is 16.4. The van der Waals surface area contributed by atoms with Crippen LogP contribution in [0.1, 0.15) is 70.3 Å². The molecule has 1 amide bonds. The van der Waals surface area contributed by atoms with Crippen LogP contribution in [-0.4, -0.2) is 88.6 Å². The Labute approximate surface area is 293 Å². The number of benzene rings is 3. The van der Waals surface area contributed by atoms with Gasteiger partial charge in [0.2, 0.25) is 0 Å². The second kappa shape index (κ2) is 15.0. The topological polar surface area (TPSA) is 119 Å². The van der Waals surface area contributed by atoms with Crippen LogP contribution < -0.4 is 9.47 Å². The molecule has 3 heterocycles. The van der Waals surface area contributed by atoms with Gasteiger partial charge in [0.05, 0.1) is 35.8 Å². The summed E-state index contributed by atoms with van der Waals surface area (Å²) in [6.45, 7) is 13.2. The lowest BCUT2D eigenvalue weighted by atomic mass is 10.00. The van der Waals surface area contributed by atoms with E-state index in [0.717, 1.165) is 59.1 Å². The Balaban J connectivity index is 1.26. The van der Waals surface area contributed by atoms with Gasteiger partial charge in [0.15, 0.2) is 11.5 Å². The number of nitriles is 1. The van der Waals surface area contributed by atoms with Crippen LogP contribution in [-0.2, 0) is 20.8 Å². The molecule has 0 atom stereocenters. The molecule has 1 aromatic heterocycles. The number of hydrogen-bond acceptors (Lipinski definition) is 9. The highest BCUT2D eigenvalue weighted by Gasteiger charge is 2.30. The molecule has 0 bridgehead atoms. The van der Waals surface area contributed by atoms with Gasteiger partial charge in [-0.1, -0.05) is 30.3 Å². The fourth-order valence-corrected chi connectivity index (χ4v) is 6.82. The first-order chi connectivity index (χ1) is 24.0. The third-order valence-corrected chi connectivity index (χ3v) is 9.34. The van der Waals surface area contributed by atoms with Crippen LogP contribution in [0.25, 0.3) is 21.8 Å². The van der Waals surface area contributed by atoms with Crippen LogP contribution >= 0.6 is 0 Å². The SMILES string of the molecule is CCOC(=O)CN1CCC(Oc2cc3c(cc2OC2CCN(C(=O)OC(C)(C)C)CC2)nc(C)n3Cc2ccc(C#N)c3ccccc23)CC1. The number of fused-ring (bicyclic) bond motifs is 2. The molecule has 2 aliphatic heterocycles. The van der Waals surface area contributed by atoms with E-state index in [-0.39, 0.29) is 30.8 Å². The number of carbonyl (C=O) groups excluding carboxylic acids is 2. The highest BCUT2D eigenvalue weighted by molar-refractivity contribution is 5.91. The van der Waals surface area contributed by atoms with E-state index in [9.17, 15) is 14.9 Å². The lowest BCUT2D eigenvalue weighted by molar-refractivity contribution is -0.144. The van der Waals surface area contributed by atoms with Gasteiger partial charge in [-0.05, 0) is 69.9 Å². The van der Waals surface area contributed by atoms with Gasteiger partial charge < -0.3 is 28.4 Å². The standard InChI is InChI=1S/C39H47N5O6/c1-6-47-37(45)25-42-17-13-29(14-18-42)49-36-22-34-33(21-35(36)48-30-15-19-43(20-16-30)38(46)50-39(3,4)5)41-26(2)44(34)24-28-12-11-27(23-40)31-9-7-8-10-32(28)31/h7-12,21-22,29-30H,6,13-20,24-25H2,1-5H3. The lowest BCUT2D eigenvalue weighted by Crippen LogP contribution is -2.44. The molecule has 0 N–H and O–H groups in total. The van der Waals surface area contributed by atoms with Gasteiger partial charge in [0, 0.05) is 57.7 Å². The summed E-state index contributed by atoms with van der Waals surface area (Å²) in [6, 6.07) is 18.2. The summed E-state index contributed by atoms with van der Waals surface area (Å²) < 4.78 is 26.3. The zero-order valence-electron chi connectivity index (χ0n) is 29.7. The average Bonchev–Trinajstić information content (AvgIpc) is 3.38. The van der Waals surface area contributed by atoms with Gasteiger partial charge in [-0.3, -0.25) is 9.69 Å². The van der Waals surface area contributed by atoms with Crippen LogP contribution in [0.5, 0.6) is 11.5 Å². The first-order valence-corrected chi connectivity index (χ1v) is 17.6. The first kappa shape index (κ1) is 35.0. The van der Waals surface area contributed by atoms with Crippen LogP contribution in [0.2, 0.25) is 0 Å². The number of aromatic nitrogens is 2. The summed E-state index contributed by atoms with van der Waals surface area (Å²) in [4.78, 5) is 33.5. The molecule has 3 aromatic carbocycles. The maximum absolute atomic E-state index is 12.7. The van der Waals surface area contributed by atoms with Crippen molar-refractivity contribution in [2.75, 3.05) is 39.3 Å². The van der Waals surface area contributed by atoms with Gasteiger partial charge in [-0.15, -0.1) is 0 Å².